The van der Waals surface area contributed by atoms with Crippen LogP contribution in [0.25, 0.3) is 11.0 Å². The highest BCUT2D eigenvalue weighted by Crippen LogP contribution is 2.17. The van der Waals surface area contributed by atoms with Gasteiger partial charge in [0.2, 0.25) is 0 Å². The molecule has 0 fully saturated rings. The molecule has 2 aromatic heterocycles. The molecule has 0 aliphatic heterocycles. The lowest BCUT2D eigenvalue weighted by Crippen LogP contribution is -2.30. The van der Waals surface area contributed by atoms with Crippen LogP contribution in [0.3, 0.4) is 0 Å². The summed E-state index contributed by atoms with van der Waals surface area (Å²) in [7, 11) is 1.61. The van der Waals surface area contributed by atoms with Crippen molar-refractivity contribution in [2.75, 3.05) is 0 Å². The predicted octanol–water partition coefficient (Wildman–Crippen LogP) is 0.771. The van der Waals surface area contributed by atoms with Gasteiger partial charge in [-0.15, -0.1) is 0 Å². The molecule has 0 saturated heterocycles. The predicted molar refractivity (Wildman–Crippen MR) is 61.9 cm³/mol. The minimum atomic E-state index is -1.00. The molecule has 0 aliphatic rings. The molecular formula is C11H13N3O3. The quantitative estimate of drug-likeness (QED) is 0.852. The highest BCUT2D eigenvalue weighted by Gasteiger charge is 2.23. The monoisotopic (exact) mass is 235 g/mol. The summed E-state index contributed by atoms with van der Waals surface area (Å²) in [6.45, 7) is 1.74. The summed E-state index contributed by atoms with van der Waals surface area (Å²) in [5.41, 5.74) is 0.904. The van der Waals surface area contributed by atoms with E-state index >= 15 is 0 Å². The lowest BCUT2D eigenvalue weighted by atomic mass is 10.2. The van der Waals surface area contributed by atoms with Crippen LogP contribution in [0.2, 0.25) is 0 Å². The van der Waals surface area contributed by atoms with E-state index in [0.29, 0.717) is 17.5 Å². The normalized spacial score (nSPS) is 12.8. The van der Waals surface area contributed by atoms with Gasteiger partial charge in [-0.1, -0.05) is 6.92 Å². The van der Waals surface area contributed by atoms with E-state index in [1.807, 2.05) is 0 Å². The summed E-state index contributed by atoms with van der Waals surface area (Å²) >= 11 is 0. The van der Waals surface area contributed by atoms with Crippen molar-refractivity contribution in [3.05, 3.63) is 28.9 Å². The lowest BCUT2D eigenvalue weighted by Gasteiger charge is -2.11. The van der Waals surface area contributed by atoms with Crippen LogP contribution in [-0.4, -0.2) is 25.2 Å². The van der Waals surface area contributed by atoms with Crippen LogP contribution in [0.1, 0.15) is 19.4 Å². The Balaban J connectivity index is 2.81. The molecule has 0 bridgehead atoms. The summed E-state index contributed by atoms with van der Waals surface area (Å²) in [6, 6.07) is 0.816. The van der Waals surface area contributed by atoms with Gasteiger partial charge in [0.05, 0.1) is 17.2 Å². The maximum Gasteiger partial charge on any atom is 0.329 e. The van der Waals surface area contributed by atoms with Gasteiger partial charge in [0.25, 0.3) is 0 Å². The number of carbonyl (C=O) groups is 1. The molecule has 1 N–H and O–H groups in total. The molecule has 0 radical (unpaired) electrons. The number of aliphatic carboxylic acids is 1. The van der Waals surface area contributed by atoms with Crippen LogP contribution in [0.5, 0.6) is 0 Å². The first-order valence-electron chi connectivity index (χ1n) is 5.31. The number of hydrogen-bond acceptors (Lipinski definition) is 3. The van der Waals surface area contributed by atoms with Gasteiger partial charge in [-0.25, -0.2) is 9.59 Å². The van der Waals surface area contributed by atoms with Crippen LogP contribution < -0.4 is 5.69 Å². The number of hydrogen-bond donors (Lipinski definition) is 1. The first-order valence-corrected chi connectivity index (χ1v) is 5.31. The van der Waals surface area contributed by atoms with E-state index in [1.165, 1.54) is 9.13 Å². The van der Waals surface area contributed by atoms with Crippen molar-refractivity contribution in [2.45, 2.75) is 19.4 Å². The van der Waals surface area contributed by atoms with Crippen molar-refractivity contribution in [3.63, 3.8) is 0 Å². The maximum atomic E-state index is 12.0. The fraction of sp³-hybridized carbons (Fsp3) is 0.364. The number of aromatic nitrogens is 3. The first kappa shape index (κ1) is 11.4. The molecule has 0 aromatic carbocycles. The number of aryl methyl sites for hydroxylation is 1. The number of nitrogens with zero attached hydrogens (tertiary/aromatic N) is 3. The van der Waals surface area contributed by atoms with Gasteiger partial charge >= 0.3 is 11.7 Å². The van der Waals surface area contributed by atoms with Crippen LogP contribution in [0.15, 0.2) is 23.3 Å². The maximum absolute atomic E-state index is 12.0. The Labute approximate surface area is 97.1 Å². The minimum absolute atomic E-state index is 0.331. The van der Waals surface area contributed by atoms with E-state index in [1.54, 1.807) is 32.4 Å². The van der Waals surface area contributed by atoms with Crippen molar-refractivity contribution in [1.82, 2.24) is 14.1 Å². The summed E-state index contributed by atoms with van der Waals surface area (Å²) in [5.74, 6) is -1.00. The zero-order valence-corrected chi connectivity index (χ0v) is 9.62. The fourth-order valence-corrected chi connectivity index (χ4v) is 1.98. The Kier molecular flexibility index (Phi) is 2.71. The molecule has 6 heteroatoms. The molecule has 1 atom stereocenters. The van der Waals surface area contributed by atoms with E-state index in [-0.39, 0.29) is 5.69 Å². The third kappa shape index (κ3) is 1.61. The van der Waals surface area contributed by atoms with Crippen LogP contribution in [0, 0.1) is 0 Å². The van der Waals surface area contributed by atoms with Crippen molar-refractivity contribution in [1.29, 1.82) is 0 Å². The number of rotatable bonds is 3. The molecule has 90 valence electrons. The van der Waals surface area contributed by atoms with E-state index in [4.69, 9.17) is 5.11 Å². The second-order valence-corrected chi connectivity index (χ2v) is 3.84. The zero-order valence-electron chi connectivity index (χ0n) is 9.62. The number of fused-ring (bicyclic) bond motifs is 1. The van der Waals surface area contributed by atoms with Gasteiger partial charge in [-0.05, 0) is 12.5 Å². The van der Waals surface area contributed by atoms with Gasteiger partial charge in [-0.3, -0.25) is 14.1 Å². The Morgan fingerprint density at radius 1 is 1.53 bits per heavy atom. The molecule has 0 spiro atoms. The van der Waals surface area contributed by atoms with Gasteiger partial charge in [0, 0.05) is 13.2 Å². The zero-order chi connectivity index (χ0) is 12.6. The largest absolute Gasteiger partial charge is 0.480 e. The van der Waals surface area contributed by atoms with Crippen LogP contribution in [0.4, 0.5) is 0 Å². The standard InChI is InChI=1S/C11H13N3O3/c1-3-7(10(15)16)14-8-4-5-12-6-9(8)13(2)11(14)17/h4-7H,3H2,1-2H3,(H,15,16). The van der Waals surface area contributed by atoms with Crippen LogP contribution >= 0.6 is 0 Å². The third-order valence-corrected chi connectivity index (χ3v) is 2.88. The fourth-order valence-electron chi connectivity index (χ4n) is 1.98. The Morgan fingerprint density at radius 2 is 2.24 bits per heavy atom. The highest BCUT2D eigenvalue weighted by molar-refractivity contribution is 5.79. The molecule has 17 heavy (non-hydrogen) atoms. The highest BCUT2D eigenvalue weighted by atomic mass is 16.4. The van der Waals surface area contributed by atoms with Gasteiger partial charge in [0.1, 0.15) is 6.04 Å². The van der Waals surface area contributed by atoms with Gasteiger partial charge < -0.3 is 5.11 Å². The number of carboxylic acid groups (broad SMARTS) is 1. The second kappa shape index (κ2) is 4.04. The summed E-state index contributed by atoms with van der Waals surface area (Å²) in [6.07, 6.45) is 3.46. The molecule has 0 aliphatic carbocycles. The van der Waals surface area contributed by atoms with Gasteiger partial charge in [-0.2, -0.15) is 0 Å². The van der Waals surface area contributed by atoms with Crippen molar-refractivity contribution in [3.8, 4) is 0 Å². The molecule has 2 aromatic rings. The average molecular weight is 235 g/mol. The molecule has 2 heterocycles. The lowest BCUT2D eigenvalue weighted by molar-refractivity contribution is -0.141. The summed E-state index contributed by atoms with van der Waals surface area (Å²) < 4.78 is 2.72. The topological polar surface area (TPSA) is 77.1 Å². The van der Waals surface area contributed by atoms with Crippen LogP contribution in [-0.2, 0) is 11.8 Å². The number of carboxylic acids is 1. The Hall–Kier alpha value is -2.11. The smallest absolute Gasteiger partial charge is 0.329 e. The number of pyridine rings is 1. The van der Waals surface area contributed by atoms with Crippen molar-refractivity contribution >= 4 is 17.0 Å². The average Bonchev–Trinajstić information content (AvgIpc) is 2.56. The van der Waals surface area contributed by atoms with E-state index < -0.39 is 12.0 Å². The molecule has 0 saturated carbocycles. The first-order chi connectivity index (χ1) is 8.07. The molecule has 2 rings (SSSR count). The molecule has 1 unspecified atom stereocenters. The Bertz CT molecular complexity index is 626. The van der Waals surface area contributed by atoms with E-state index in [0.717, 1.165) is 0 Å². The Morgan fingerprint density at radius 3 is 2.82 bits per heavy atom. The molecule has 6 nitrogen and oxygen atoms in total. The van der Waals surface area contributed by atoms with Crippen molar-refractivity contribution in [2.24, 2.45) is 7.05 Å². The SMILES string of the molecule is CCC(C(=O)O)n1c(=O)n(C)c2cnccc21. The second-order valence-electron chi connectivity index (χ2n) is 3.84. The molecule has 0 amide bonds. The third-order valence-electron chi connectivity index (χ3n) is 2.88. The summed E-state index contributed by atoms with van der Waals surface area (Å²) in [4.78, 5) is 27.1. The van der Waals surface area contributed by atoms with Crippen molar-refractivity contribution < 1.29 is 9.90 Å². The van der Waals surface area contributed by atoms with Gasteiger partial charge in [0.15, 0.2) is 0 Å². The van der Waals surface area contributed by atoms with E-state index in [2.05, 4.69) is 4.98 Å². The number of imidazole rings is 1. The molecular weight excluding hydrogens is 222 g/mol. The summed E-state index contributed by atoms with van der Waals surface area (Å²) in [5, 5.41) is 9.14. The minimum Gasteiger partial charge on any atom is -0.480 e. The van der Waals surface area contributed by atoms with E-state index in [9.17, 15) is 9.59 Å².